The van der Waals surface area contributed by atoms with Gasteiger partial charge in [0.2, 0.25) is 11.8 Å². The fourth-order valence-corrected chi connectivity index (χ4v) is 9.50. The van der Waals surface area contributed by atoms with Crippen molar-refractivity contribution < 1.29 is 19.1 Å². The van der Waals surface area contributed by atoms with Crippen molar-refractivity contribution in [3.63, 3.8) is 0 Å². The molecule has 0 aliphatic carbocycles. The Bertz CT molecular complexity index is 1660. The van der Waals surface area contributed by atoms with Crippen LogP contribution in [0.15, 0.2) is 64.1 Å². The van der Waals surface area contributed by atoms with Crippen molar-refractivity contribution in [3.8, 4) is 0 Å². The highest BCUT2D eigenvalue weighted by molar-refractivity contribution is 8.18. The predicted molar refractivity (Wildman–Crippen MR) is 184 cm³/mol. The molecule has 0 unspecified atom stereocenters. The minimum atomic E-state index is -0.673. The molecule has 3 saturated heterocycles. The van der Waals surface area contributed by atoms with Crippen LogP contribution in [0.5, 0.6) is 0 Å². The first-order valence-corrected chi connectivity index (χ1v) is 17.8. The zero-order valence-electron chi connectivity index (χ0n) is 27.0. The summed E-state index contributed by atoms with van der Waals surface area (Å²) in [5.74, 6) is -0.0765. The van der Waals surface area contributed by atoms with E-state index in [-0.39, 0.29) is 41.6 Å². The van der Waals surface area contributed by atoms with Crippen LogP contribution in [0.1, 0.15) is 51.3 Å². The number of allylic oxidation sites excluding steroid dienone is 1. The van der Waals surface area contributed by atoms with Gasteiger partial charge in [-0.1, -0.05) is 61.3 Å². The van der Waals surface area contributed by atoms with Crippen LogP contribution >= 0.6 is 35.0 Å². The van der Waals surface area contributed by atoms with Crippen molar-refractivity contribution in [3.05, 3.63) is 80.3 Å². The standard InChI is InChI=1S/C35H39Cl2N5O4S/c1-20(2)29-30(33(45)41-27(17-23-18-46-19-28(23)41)32(44)40-15-13-39(14-16-40)21(3)43)47-34-38-35(4,24-7-11-26(37)12-8-24)31(42(29)34)22-5-9-25(36)10-6-22/h5-12,20,23,27-28,31H,13-19H2,1-4H3/t23-,27-,28+,31+,35-/m0/s1. The third-order valence-corrected chi connectivity index (χ3v) is 11.9. The number of piperazine rings is 1. The number of nitrogens with zero attached hydrogens (tertiary/aromatic N) is 5. The summed E-state index contributed by atoms with van der Waals surface area (Å²) >= 11 is 14.0. The molecule has 0 N–H and O–H groups in total. The average molecular weight is 697 g/mol. The predicted octanol–water partition coefficient (Wildman–Crippen LogP) is 5.54. The molecule has 0 radical (unpaired) electrons. The molecule has 7 rings (SSSR count). The quantitative estimate of drug-likeness (QED) is 0.408. The molecule has 3 amide bonds. The van der Waals surface area contributed by atoms with Gasteiger partial charge in [0, 0.05) is 54.8 Å². The van der Waals surface area contributed by atoms with Crippen molar-refractivity contribution in [2.75, 3.05) is 39.4 Å². The van der Waals surface area contributed by atoms with Crippen LogP contribution in [-0.4, -0.2) is 94.0 Å². The maximum absolute atomic E-state index is 14.9. The Labute approximate surface area is 289 Å². The van der Waals surface area contributed by atoms with Gasteiger partial charge in [0.25, 0.3) is 5.91 Å². The molecule has 5 aliphatic rings. The van der Waals surface area contributed by atoms with E-state index in [2.05, 4.69) is 25.7 Å². The van der Waals surface area contributed by atoms with Gasteiger partial charge in [0.1, 0.15) is 16.5 Å². The number of thioether (sulfide) groups is 1. The summed E-state index contributed by atoms with van der Waals surface area (Å²) in [5.41, 5.74) is 2.27. The fourth-order valence-electron chi connectivity index (χ4n) is 7.90. The van der Waals surface area contributed by atoms with Crippen molar-refractivity contribution >= 4 is 57.9 Å². The number of carbonyl (C=O) groups is 3. The van der Waals surface area contributed by atoms with E-state index in [9.17, 15) is 14.4 Å². The monoisotopic (exact) mass is 695 g/mol. The van der Waals surface area contributed by atoms with Gasteiger partial charge in [-0.3, -0.25) is 14.4 Å². The smallest absolute Gasteiger partial charge is 0.263 e. The van der Waals surface area contributed by atoms with Gasteiger partial charge < -0.3 is 24.3 Å². The molecule has 5 heterocycles. The number of hydrogen-bond donors (Lipinski definition) is 0. The van der Waals surface area contributed by atoms with Gasteiger partial charge >= 0.3 is 0 Å². The minimum absolute atomic E-state index is 0.0106. The Balaban J connectivity index is 1.26. The summed E-state index contributed by atoms with van der Waals surface area (Å²) in [4.78, 5) is 54.5. The lowest BCUT2D eigenvalue weighted by Gasteiger charge is -2.38. The molecular weight excluding hydrogens is 657 g/mol. The fraction of sp³-hybridized carbons (Fsp3) is 0.486. The maximum atomic E-state index is 14.9. The molecule has 9 nitrogen and oxygen atoms in total. The van der Waals surface area contributed by atoms with E-state index >= 15 is 0 Å². The van der Waals surface area contributed by atoms with Crippen LogP contribution in [0.25, 0.3) is 0 Å². The number of aliphatic imine (C=N–C) groups is 1. The molecule has 5 aliphatic heterocycles. The Hall–Kier alpha value is -3.05. The van der Waals surface area contributed by atoms with Crippen molar-refractivity contribution in [2.24, 2.45) is 16.8 Å². The Morgan fingerprint density at radius 3 is 2.17 bits per heavy atom. The number of hydrogen-bond acceptors (Lipinski definition) is 7. The number of fused-ring (bicyclic) bond motifs is 2. The minimum Gasteiger partial charge on any atom is -0.379 e. The average Bonchev–Trinajstić information content (AvgIpc) is 3.80. The second-order valence-corrected chi connectivity index (χ2v) is 15.4. The summed E-state index contributed by atoms with van der Waals surface area (Å²) in [6, 6.07) is 14.7. The molecule has 3 fully saturated rings. The highest BCUT2D eigenvalue weighted by Crippen LogP contribution is 2.56. The van der Waals surface area contributed by atoms with Crippen molar-refractivity contribution in [1.82, 2.24) is 19.6 Å². The van der Waals surface area contributed by atoms with Crippen LogP contribution in [0.4, 0.5) is 0 Å². The number of carbonyl (C=O) groups excluding carboxylic acids is 3. The zero-order valence-corrected chi connectivity index (χ0v) is 29.3. The van der Waals surface area contributed by atoms with E-state index in [4.69, 9.17) is 32.9 Å². The summed E-state index contributed by atoms with van der Waals surface area (Å²) in [6.07, 6.45) is 0.573. The Morgan fingerprint density at radius 2 is 1.55 bits per heavy atom. The molecule has 248 valence electrons. The van der Waals surface area contributed by atoms with Crippen LogP contribution < -0.4 is 0 Å². The SMILES string of the molecule is CC(=O)N1CCN(C(=O)[C@@H]2C[C@H]3COC[C@H]3N2C(=O)C2=C(C(C)C)N3C(=N[C@@](C)(c4ccc(Cl)cc4)[C@H]3c3ccc(Cl)cc3)S2)CC1. The van der Waals surface area contributed by atoms with Crippen molar-refractivity contribution in [1.29, 1.82) is 0 Å². The first-order valence-electron chi connectivity index (χ1n) is 16.2. The summed E-state index contributed by atoms with van der Waals surface area (Å²) < 4.78 is 5.85. The number of benzene rings is 2. The van der Waals surface area contributed by atoms with E-state index < -0.39 is 11.6 Å². The Kier molecular flexibility index (Phi) is 8.60. The highest BCUT2D eigenvalue weighted by atomic mass is 35.5. The molecular formula is C35H39Cl2N5O4S. The number of rotatable bonds is 5. The molecule has 0 aromatic heterocycles. The van der Waals surface area contributed by atoms with E-state index in [0.29, 0.717) is 60.8 Å². The molecule has 2 aromatic carbocycles. The number of ether oxygens (including phenoxy) is 1. The second kappa shape index (κ2) is 12.4. The highest BCUT2D eigenvalue weighted by Gasteiger charge is 2.56. The number of halogens is 2. The largest absolute Gasteiger partial charge is 0.379 e. The van der Waals surface area contributed by atoms with Gasteiger partial charge in [0.15, 0.2) is 5.17 Å². The molecule has 0 saturated carbocycles. The normalized spacial score (nSPS) is 28.7. The molecule has 5 atom stereocenters. The van der Waals surface area contributed by atoms with Crippen LogP contribution in [0, 0.1) is 11.8 Å². The molecule has 2 aromatic rings. The van der Waals surface area contributed by atoms with Crippen LogP contribution in [-0.2, 0) is 24.7 Å². The van der Waals surface area contributed by atoms with E-state index in [1.807, 2.05) is 58.3 Å². The molecule has 47 heavy (non-hydrogen) atoms. The van der Waals surface area contributed by atoms with Gasteiger partial charge in [-0.2, -0.15) is 0 Å². The topological polar surface area (TPSA) is 85.8 Å². The number of likely N-dealkylation sites (tertiary alicyclic amines) is 1. The number of amidine groups is 1. The lowest BCUT2D eigenvalue weighted by molar-refractivity contribution is -0.146. The van der Waals surface area contributed by atoms with Gasteiger partial charge in [-0.25, -0.2) is 4.99 Å². The summed E-state index contributed by atoms with van der Waals surface area (Å²) in [5, 5.41) is 2.06. The van der Waals surface area contributed by atoms with Crippen LogP contribution in [0.3, 0.4) is 0 Å². The first-order chi connectivity index (χ1) is 22.5. The molecule has 0 bridgehead atoms. The van der Waals surface area contributed by atoms with Crippen LogP contribution in [0.2, 0.25) is 10.0 Å². The lowest BCUT2D eigenvalue weighted by Crippen LogP contribution is -2.56. The summed E-state index contributed by atoms with van der Waals surface area (Å²) in [6.45, 7) is 10.8. The number of amides is 3. The molecule has 0 spiro atoms. The van der Waals surface area contributed by atoms with Gasteiger partial charge in [0.05, 0.1) is 25.3 Å². The Morgan fingerprint density at radius 1 is 0.936 bits per heavy atom. The van der Waals surface area contributed by atoms with E-state index in [1.54, 1.807) is 11.8 Å². The summed E-state index contributed by atoms with van der Waals surface area (Å²) in [7, 11) is 0. The third-order valence-electron chi connectivity index (χ3n) is 10.3. The van der Waals surface area contributed by atoms with E-state index in [1.165, 1.54) is 11.8 Å². The lowest BCUT2D eigenvalue weighted by atomic mass is 9.81. The van der Waals surface area contributed by atoms with Crippen molar-refractivity contribution in [2.45, 2.75) is 57.8 Å². The third kappa shape index (κ3) is 5.55. The zero-order chi connectivity index (χ0) is 33.2. The van der Waals surface area contributed by atoms with Gasteiger partial charge in [-0.15, -0.1) is 0 Å². The molecule has 12 heteroatoms. The van der Waals surface area contributed by atoms with E-state index in [0.717, 1.165) is 22.0 Å². The second-order valence-electron chi connectivity index (χ2n) is 13.5. The maximum Gasteiger partial charge on any atom is 0.263 e. The van der Waals surface area contributed by atoms with Gasteiger partial charge in [-0.05, 0) is 66.4 Å². The first kappa shape index (κ1) is 32.5.